The third-order valence-electron chi connectivity index (χ3n) is 11.0. The van der Waals surface area contributed by atoms with Crippen LogP contribution in [0.4, 0.5) is 0 Å². The van der Waals surface area contributed by atoms with Crippen LogP contribution in [0.2, 0.25) is 0 Å². The van der Waals surface area contributed by atoms with Crippen molar-refractivity contribution in [3.63, 3.8) is 0 Å². The molecule has 4 heteroatoms. The third kappa shape index (κ3) is 6.60. The Morgan fingerprint density at radius 3 is 1.77 bits per heavy atom. The summed E-state index contributed by atoms with van der Waals surface area (Å²) in [7, 11) is 0. The number of allylic oxidation sites excluding steroid dienone is 6. The molecular weight excluding hydrogens is 681 g/mol. The molecule has 0 saturated heterocycles. The van der Waals surface area contributed by atoms with Gasteiger partial charge in [0.05, 0.1) is 28.3 Å². The van der Waals surface area contributed by atoms with E-state index in [0.717, 1.165) is 40.3 Å². The van der Waals surface area contributed by atoms with Crippen LogP contribution in [0, 0.1) is 12.8 Å². The first-order valence-corrected chi connectivity index (χ1v) is 19.3. The summed E-state index contributed by atoms with van der Waals surface area (Å²) in [6.07, 6.45) is 11.4. The average Bonchev–Trinajstić information content (AvgIpc) is 3.57. The molecule has 1 unspecified atom stereocenters. The van der Waals surface area contributed by atoms with E-state index in [1.165, 1.54) is 61.3 Å². The number of benzene rings is 4. The topological polar surface area (TPSA) is 43.6 Å². The smallest absolute Gasteiger partial charge is 0.0900 e. The van der Waals surface area contributed by atoms with E-state index in [4.69, 9.17) is 4.98 Å². The lowest BCUT2D eigenvalue weighted by molar-refractivity contribution is 0.708. The highest BCUT2D eigenvalue weighted by Gasteiger charge is 2.23. The fraction of sp³-hybridized carbons (Fsp3) is 0.0962. The minimum Gasteiger partial charge on any atom is -0.317 e. The Morgan fingerprint density at radius 2 is 1.16 bits per heavy atom. The minimum absolute atomic E-state index is 0.400. The van der Waals surface area contributed by atoms with Crippen molar-refractivity contribution < 1.29 is 0 Å². The SMILES string of the molecule is C/C(=C(\C1=CC=CCC1C)c1ccc(-c2ccc(-c3cc(-c4ccccn4)nc(-c4ccccn4)c3)cc2)cc1)n1c(C)c(-c2ccccc2)c2ccccc21. The van der Waals surface area contributed by atoms with Gasteiger partial charge in [0, 0.05) is 40.3 Å². The second-order valence-corrected chi connectivity index (χ2v) is 14.5. The van der Waals surface area contributed by atoms with Crippen molar-refractivity contribution in [3.8, 4) is 56.2 Å². The van der Waals surface area contributed by atoms with Crippen molar-refractivity contribution in [2.24, 2.45) is 5.92 Å². The molecule has 56 heavy (non-hydrogen) atoms. The molecule has 1 atom stereocenters. The maximum Gasteiger partial charge on any atom is 0.0900 e. The zero-order valence-electron chi connectivity index (χ0n) is 31.9. The van der Waals surface area contributed by atoms with E-state index >= 15 is 0 Å². The van der Waals surface area contributed by atoms with Gasteiger partial charge in [-0.15, -0.1) is 0 Å². The predicted molar refractivity (Wildman–Crippen MR) is 233 cm³/mol. The van der Waals surface area contributed by atoms with E-state index in [-0.39, 0.29) is 0 Å². The maximum atomic E-state index is 4.95. The maximum absolute atomic E-state index is 4.95. The van der Waals surface area contributed by atoms with Crippen molar-refractivity contribution in [2.45, 2.75) is 27.2 Å². The summed E-state index contributed by atoms with van der Waals surface area (Å²) in [5, 5.41) is 1.27. The van der Waals surface area contributed by atoms with Gasteiger partial charge in [0.1, 0.15) is 0 Å². The molecule has 0 amide bonds. The van der Waals surface area contributed by atoms with Crippen molar-refractivity contribution >= 4 is 22.2 Å². The number of para-hydroxylation sites is 1. The van der Waals surface area contributed by atoms with Gasteiger partial charge >= 0.3 is 0 Å². The Balaban J connectivity index is 1.10. The van der Waals surface area contributed by atoms with E-state index in [1.54, 1.807) is 12.4 Å². The molecule has 0 fully saturated rings. The van der Waals surface area contributed by atoms with E-state index in [0.29, 0.717) is 5.92 Å². The fourth-order valence-electron chi connectivity index (χ4n) is 8.21. The van der Waals surface area contributed by atoms with Crippen molar-refractivity contribution in [1.82, 2.24) is 19.5 Å². The molecule has 9 rings (SSSR count). The molecule has 4 nitrogen and oxygen atoms in total. The summed E-state index contributed by atoms with van der Waals surface area (Å²) < 4.78 is 2.48. The van der Waals surface area contributed by atoms with Gasteiger partial charge in [0.2, 0.25) is 0 Å². The molecule has 8 aromatic rings. The van der Waals surface area contributed by atoms with E-state index in [1.807, 2.05) is 36.4 Å². The van der Waals surface area contributed by atoms with Crippen LogP contribution in [-0.2, 0) is 0 Å². The average molecular weight is 723 g/mol. The number of hydrogen-bond donors (Lipinski definition) is 0. The predicted octanol–water partition coefficient (Wildman–Crippen LogP) is 13.4. The molecule has 1 aliphatic carbocycles. The molecule has 0 radical (unpaired) electrons. The molecule has 0 saturated carbocycles. The number of nitrogens with zero attached hydrogens (tertiary/aromatic N) is 4. The van der Waals surface area contributed by atoms with E-state index in [2.05, 4.69) is 169 Å². The van der Waals surface area contributed by atoms with Gasteiger partial charge in [0.25, 0.3) is 0 Å². The van der Waals surface area contributed by atoms with Gasteiger partial charge in [0.15, 0.2) is 0 Å². The van der Waals surface area contributed by atoms with Crippen LogP contribution in [0.5, 0.6) is 0 Å². The summed E-state index contributed by atoms with van der Waals surface area (Å²) in [5.74, 6) is 0.400. The van der Waals surface area contributed by atoms with Crippen LogP contribution < -0.4 is 0 Å². The van der Waals surface area contributed by atoms with Gasteiger partial charge in [-0.05, 0) is 108 Å². The van der Waals surface area contributed by atoms with Gasteiger partial charge in [-0.1, -0.05) is 134 Å². The lowest BCUT2D eigenvalue weighted by atomic mass is 9.83. The van der Waals surface area contributed by atoms with Crippen LogP contribution in [0.3, 0.4) is 0 Å². The Kier molecular flexibility index (Phi) is 9.38. The van der Waals surface area contributed by atoms with Gasteiger partial charge in [-0.25, -0.2) is 4.98 Å². The zero-order valence-corrected chi connectivity index (χ0v) is 31.9. The van der Waals surface area contributed by atoms with Crippen molar-refractivity contribution in [2.75, 3.05) is 0 Å². The summed E-state index contributed by atoms with van der Waals surface area (Å²) >= 11 is 0. The van der Waals surface area contributed by atoms with E-state index < -0.39 is 0 Å². The fourth-order valence-corrected chi connectivity index (χ4v) is 8.21. The highest BCUT2D eigenvalue weighted by Crippen LogP contribution is 2.42. The minimum atomic E-state index is 0.400. The second-order valence-electron chi connectivity index (χ2n) is 14.5. The Morgan fingerprint density at radius 1 is 0.589 bits per heavy atom. The van der Waals surface area contributed by atoms with Crippen LogP contribution in [0.15, 0.2) is 188 Å². The number of pyridine rings is 3. The monoisotopic (exact) mass is 722 g/mol. The van der Waals surface area contributed by atoms with Gasteiger partial charge in [-0.2, -0.15) is 0 Å². The Bertz CT molecular complexity index is 2700. The first-order valence-electron chi connectivity index (χ1n) is 19.3. The van der Waals surface area contributed by atoms with Crippen LogP contribution in [0.25, 0.3) is 78.3 Å². The molecule has 4 aromatic heterocycles. The summed E-state index contributed by atoms with van der Waals surface area (Å²) in [5.41, 5.74) is 17.9. The van der Waals surface area contributed by atoms with E-state index in [9.17, 15) is 0 Å². The summed E-state index contributed by atoms with van der Waals surface area (Å²) in [4.78, 5) is 14.1. The zero-order chi connectivity index (χ0) is 38.0. The lowest BCUT2D eigenvalue weighted by Gasteiger charge is -2.25. The van der Waals surface area contributed by atoms with Gasteiger partial charge < -0.3 is 4.57 Å². The normalized spacial score (nSPS) is 14.4. The third-order valence-corrected chi connectivity index (χ3v) is 11.0. The molecule has 4 aromatic carbocycles. The van der Waals surface area contributed by atoms with Crippen molar-refractivity contribution in [3.05, 3.63) is 199 Å². The lowest BCUT2D eigenvalue weighted by Crippen LogP contribution is -2.08. The molecule has 0 aliphatic heterocycles. The molecule has 0 spiro atoms. The number of rotatable bonds is 8. The van der Waals surface area contributed by atoms with Crippen LogP contribution in [0.1, 0.15) is 31.5 Å². The van der Waals surface area contributed by atoms with Gasteiger partial charge in [-0.3, -0.25) is 9.97 Å². The molecule has 1 aliphatic rings. The second kappa shape index (κ2) is 15.1. The highest BCUT2D eigenvalue weighted by molar-refractivity contribution is 6.03. The highest BCUT2D eigenvalue weighted by atomic mass is 15.0. The summed E-state index contributed by atoms with van der Waals surface area (Å²) in [6, 6.07) is 53.6. The first-order chi connectivity index (χ1) is 27.5. The molecule has 0 N–H and O–H groups in total. The number of aromatic nitrogens is 4. The molecule has 4 heterocycles. The van der Waals surface area contributed by atoms with Crippen LogP contribution in [-0.4, -0.2) is 19.5 Å². The van der Waals surface area contributed by atoms with Crippen LogP contribution >= 0.6 is 0 Å². The summed E-state index contributed by atoms with van der Waals surface area (Å²) in [6.45, 7) is 6.90. The quantitative estimate of drug-likeness (QED) is 0.157. The van der Waals surface area contributed by atoms with Crippen molar-refractivity contribution in [1.29, 1.82) is 0 Å². The molecule has 270 valence electrons. The largest absolute Gasteiger partial charge is 0.317 e. The Labute approximate surface area is 328 Å². The standard InChI is InChI=1S/C52H42N4/c1-35-15-7-8-18-44(35)51(36(2)56-37(3)52(41-16-5-4-6-17-41)45-19-9-10-22-50(45)56)42-29-27-39(28-30-42)38-23-25-40(26-24-38)43-33-48(46-20-11-13-31-53-46)55-49(34-43)47-21-12-14-32-54-47/h4-14,16-35H,15H2,1-3H3/b51-36+. The first kappa shape index (κ1) is 34.8. The number of fused-ring (bicyclic) bond motifs is 1. The Hall–Kier alpha value is -6.91. The molecule has 0 bridgehead atoms. The number of hydrogen-bond acceptors (Lipinski definition) is 3. The molecular formula is C52H42N4.